The molecule has 1 saturated carbocycles. The monoisotopic (exact) mass is 345 g/mol. The molecule has 1 aliphatic rings. The van der Waals surface area contributed by atoms with Crippen LogP contribution in [0.25, 0.3) is 0 Å². The molecule has 22 heavy (non-hydrogen) atoms. The summed E-state index contributed by atoms with van der Waals surface area (Å²) in [4.78, 5) is 0. The first kappa shape index (κ1) is 17.8. The molecule has 124 valence electrons. The van der Waals surface area contributed by atoms with Crippen LogP contribution in [0.4, 0.5) is 4.39 Å². The van der Waals surface area contributed by atoms with Crippen molar-refractivity contribution in [3.8, 4) is 0 Å². The maximum atomic E-state index is 13.4. The zero-order chi connectivity index (χ0) is 16.2. The molecule has 1 aliphatic carbocycles. The van der Waals surface area contributed by atoms with E-state index in [0.29, 0.717) is 6.54 Å². The van der Waals surface area contributed by atoms with Crippen LogP contribution < -0.4 is 5.32 Å². The third-order valence-electron chi connectivity index (χ3n) is 4.28. The minimum Gasteiger partial charge on any atom is -0.309 e. The van der Waals surface area contributed by atoms with Crippen molar-refractivity contribution in [2.45, 2.75) is 49.3 Å². The van der Waals surface area contributed by atoms with Crippen molar-refractivity contribution in [3.63, 3.8) is 0 Å². The van der Waals surface area contributed by atoms with Gasteiger partial charge in [-0.25, -0.2) is 12.8 Å². The molecule has 0 unspecified atom stereocenters. The van der Waals surface area contributed by atoms with Crippen molar-refractivity contribution < 1.29 is 12.8 Å². The molecule has 0 bridgehead atoms. The molecule has 3 nitrogen and oxygen atoms in total. The summed E-state index contributed by atoms with van der Waals surface area (Å²) in [7, 11) is -3.03. The van der Waals surface area contributed by atoms with Crippen LogP contribution in [-0.4, -0.2) is 32.2 Å². The van der Waals surface area contributed by atoms with Gasteiger partial charge in [0.25, 0.3) is 0 Å². The van der Waals surface area contributed by atoms with Crippen LogP contribution in [0, 0.1) is 5.82 Å². The second kappa shape index (κ2) is 7.79. The van der Waals surface area contributed by atoms with Gasteiger partial charge in [0.2, 0.25) is 0 Å². The molecule has 6 heteroatoms. The fraction of sp³-hybridized carbons (Fsp3) is 0.625. The highest BCUT2D eigenvalue weighted by Crippen LogP contribution is 2.25. The predicted octanol–water partition coefficient (Wildman–Crippen LogP) is 3.13. The van der Waals surface area contributed by atoms with Gasteiger partial charge in [-0.15, -0.1) is 0 Å². The Morgan fingerprint density at radius 2 is 2.00 bits per heavy atom. The zero-order valence-corrected chi connectivity index (χ0v) is 14.8. The SMILES string of the molecule is CSCc1cc(F)ccc1CN[C@@H]1CCCC[C@H]1S(C)(=O)=O. The van der Waals surface area contributed by atoms with E-state index in [9.17, 15) is 12.8 Å². The Labute approximate surface area is 137 Å². The van der Waals surface area contributed by atoms with E-state index >= 15 is 0 Å². The van der Waals surface area contributed by atoms with Crippen LogP contribution in [0.15, 0.2) is 18.2 Å². The Morgan fingerprint density at radius 1 is 1.27 bits per heavy atom. The lowest BCUT2D eigenvalue weighted by atomic mass is 9.94. The summed E-state index contributed by atoms with van der Waals surface area (Å²) in [6.45, 7) is 0.590. The summed E-state index contributed by atoms with van der Waals surface area (Å²) in [5.74, 6) is 0.536. The first-order chi connectivity index (χ1) is 10.4. The van der Waals surface area contributed by atoms with Gasteiger partial charge in [0.1, 0.15) is 5.82 Å². The molecule has 0 spiro atoms. The summed E-state index contributed by atoms with van der Waals surface area (Å²) < 4.78 is 37.2. The largest absolute Gasteiger partial charge is 0.309 e. The summed E-state index contributed by atoms with van der Waals surface area (Å²) >= 11 is 1.65. The number of nitrogens with one attached hydrogen (secondary N) is 1. The summed E-state index contributed by atoms with van der Waals surface area (Å²) in [5.41, 5.74) is 2.03. The van der Waals surface area contributed by atoms with Crippen molar-refractivity contribution in [1.29, 1.82) is 0 Å². The van der Waals surface area contributed by atoms with Gasteiger partial charge >= 0.3 is 0 Å². The van der Waals surface area contributed by atoms with E-state index in [1.54, 1.807) is 23.9 Å². The quantitative estimate of drug-likeness (QED) is 0.860. The van der Waals surface area contributed by atoms with Crippen LogP contribution in [0.3, 0.4) is 0 Å². The molecule has 1 aromatic rings. The average molecular weight is 346 g/mol. The van der Waals surface area contributed by atoms with Crippen molar-refractivity contribution >= 4 is 21.6 Å². The molecule has 0 radical (unpaired) electrons. The Bertz CT molecular complexity index is 604. The molecule has 0 aromatic heterocycles. The Balaban J connectivity index is 2.08. The highest BCUT2D eigenvalue weighted by atomic mass is 32.2. The predicted molar refractivity (Wildman–Crippen MR) is 91.3 cm³/mol. The van der Waals surface area contributed by atoms with Crippen LogP contribution in [0.2, 0.25) is 0 Å². The zero-order valence-electron chi connectivity index (χ0n) is 13.1. The van der Waals surface area contributed by atoms with E-state index in [1.807, 2.05) is 6.26 Å². The number of hydrogen-bond acceptors (Lipinski definition) is 4. The maximum absolute atomic E-state index is 13.4. The molecule has 2 rings (SSSR count). The molecule has 2 atom stereocenters. The second-order valence-corrected chi connectivity index (χ2v) is 9.12. The number of rotatable bonds is 6. The van der Waals surface area contributed by atoms with E-state index in [4.69, 9.17) is 0 Å². The molecule has 0 amide bonds. The number of hydrogen-bond donors (Lipinski definition) is 1. The molecule has 1 fully saturated rings. The van der Waals surface area contributed by atoms with Gasteiger partial charge in [0, 0.05) is 24.6 Å². The normalized spacial score (nSPS) is 22.7. The van der Waals surface area contributed by atoms with Crippen molar-refractivity contribution in [3.05, 3.63) is 35.1 Å². The Kier molecular flexibility index (Phi) is 6.29. The smallest absolute Gasteiger partial charge is 0.151 e. The molecular weight excluding hydrogens is 321 g/mol. The van der Waals surface area contributed by atoms with Crippen LogP contribution in [-0.2, 0) is 22.1 Å². The topological polar surface area (TPSA) is 46.2 Å². The minimum atomic E-state index is -3.03. The second-order valence-electron chi connectivity index (χ2n) is 5.99. The van der Waals surface area contributed by atoms with Gasteiger partial charge in [-0.05, 0) is 42.4 Å². The molecule has 1 N–H and O–H groups in total. The third kappa shape index (κ3) is 4.70. The first-order valence-corrected chi connectivity index (χ1v) is 10.9. The van der Waals surface area contributed by atoms with E-state index in [0.717, 1.165) is 42.6 Å². The number of thioether (sulfide) groups is 1. The Morgan fingerprint density at radius 3 is 2.68 bits per heavy atom. The highest BCUT2D eigenvalue weighted by Gasteiger charge is 2.32. The fourth-order valence-electron chi connectivity index (χ4n) is 3.14. The molecule has 1 aromatic carbocycles. The maximum Gasteiger partial charge on any atom is 0.151 e. The van der Waals surface area contributed by atoms with E-state index in [1.165, 1.54) is 12.3 Å². The van der Waals surface area contributed by atoms with Crippen molar-refractivity contribution in [2.75, 3.05) is 12.5 Å². The van der Waals surface area contributed by atoms with E-state index in [2.05, 4.69) is 5.32 Å². The lowest BCUT2D eigenvalue weighted by Gasteiger charge is -2.31. The highest BCUT2D eigenvalue weighted by molar-refractivity contribution is 7.97. The van der Waals surface area contributed by atoms with E-state index < -0.39 is 9.84 Å². The molecule has 0 saturated heterocycles. The van der Waals surface area contributed by atoms with Crippen LogP contribution >= 0.6 is 11.8 Å². The van der Waals surface area contributed by atoms with Gasteiger partial charge in [-0.3, -0.25) is 0 Å². The standard InChI is InChI=1S/C16H24FNO2S2/c1-21-11-13-9-14(17)8-7-12(13)10-18-15-5-3-4-6-16(15)22(2,19)20/h7-9,15-16,18H,3-6,10-11H2,1-2H3/t15-,16-/m1/s1. The van der Waals surface area contributed by atoms with Crippen molar-refractivity contribution in [2.24, 2.45) is 0 Å². The van der Waals surface area contributed by atoms with Gasteiger partial charge in [0.05, 0.1) is 5.25 Å². The minimum absolute atomic E-state index is 0.00377. The molecule has 0 aliphatic heterocycles. The van der Waals surface area contributed by atoms with Crippen molar-refractivity contribution in [1.82, 2.24) is 5.32 Å². The van der Waals surface area contributed by atoms with Gasteiger partial charge in [0.15, 0.2) is 9.84 Å². The fourth-order valence-corrected chi connectivity index (χ4v) is 5.14. The van der Waals surface area contributed by atoms with Gasteiger partial charge < -0.3 is 5.32 Å². The average Bonchev–Trinajstić information content (AvgIpc) is 2.46. The van der Waals surface area contributed by atoms with E-state index in [-0.39, 0.29) is 17.1 Å². The number of sulfone groups is 1. The summed E-state index contributed by atoms with van der Waals surface area (Å²) in [6, 6.07) is 4.83. The molecular formula is C16H24FNO2S2. The van der Waals surface area contributed by atoms with Gasteiger partial charge in [-0.2, -0.15) is 11.8 Å². The van der Waals surface area contributed by atoms with Gasteiger partial charge in [-0.1, -0.05) is 18.9 Å². The van der Waals surface area contributed by atoms with Crippen LogP contribution in [0.5, 0.6) is 0 Å². The lowest BCUT2D eigenvalue weighted by Crippen LogP contribution is -2.45. The Hall–Kier alpha value is -0.590. The number of halogens is 1. The lowest BCUT2D eigenvalue weighted by molar-refractivity contribution is 0.370. The third-order valence-corrected chi connectivity index (χ3v) is 6.54. The first-order valence-electron chi connectivity index (χ1n) is 7.60. The van der Waals surface area contributed by atoms with Crippen LogP contribution in [0.1, 0.15) is 36.8 Å². The summed E-state index contributed by atoms with van der Waals surface area (Å²) in [5, 5.41) is 3.10. The molecule has 0 heterocycles. The summed E-state index contributed by atoms with van der Waals surface area (Å²) in [6.07, 6.45) is 6.97. The number of benzene rings is 1.